The standard InChI is InChI=1S/C43H55F2N5O8S/c1-11-49-36-31(26-18-20-30(21-19-26)47-38(51)56-41(2,3)4)23-46-37(50(39(52)57-42(5,6)7)40(53)58-43(8,9)10)34(36)35(48-49)27-16-17-29(33(45)22-27)25-59(54,55)24-28-14-12-13-15-32(28)44/h12-17,22-23,26,30H,11,18-21,24-25H2,1-10H3,(H,47,51). The molecule has 0 radical (unpaired) electrons. The van der Waals surface area contributed by atoms with E-state index in [0.717, 1.165) is 22.6 Å². The van der Waals surface area contributed by atoms with Gasteiger partial charge in [-0.2, -0.15) is 10.00 Å². The molecule has 1 aliphatic rings. The number of fused-ring (bicyclic) bond motifs is 1. The SMILES string of the molecule is CCn1nc(-c2ccc(CS(=O)(=O)Cc3ccccc3F)c(F)c2)c2c(N(C(=O)OC(C)(C)C)C(=O)OC(C)(C)C)ncc(C3CCC(NC(=O)OC(C)(C)C)CC3)c21. The van der Waals surface area contributed by atoms with Gasteiger partial charge in [-0.1, -0.05) is 30.3 Å². The molecule has 5 rings (SSSR count). The molecule has 0 aliphatic heterocycles. The lowest BCUT2D eigenvalue weighted by atomic mass is 9.81. The number of carbonyl (C=O) groups is 3. The third kappa shape index (κ3) is 11.5. The van der Waals surface area contributed by atoms with Crippen molar-refractivity contribution in [1.82, 2.24) is 20.1 Å². The van der Waals surface area contributed by atoms with Gasteiger partial charge in [0.15, 0.2) is 15.7 Å². The van der Waals surface area contributed by atoms with Crippen LogP contribution >= 0.6 is 0 Å². The minimum atomic E-state index is -4.00. The zero-order valence-corrected chi connectivity index (χ0v) is 36.3. The number of hydrogen-bond acceptors (Lipinski definition) is 10. The summed E-state index contributed by atoms with van der Waals surface area (Å²) in [7, 11) is -4.00. The van der Waals surface area contributed by atoms with Gasteiger partial charge in [-0.15, -0.1) is 0 Å². The number of aryl methyl sites for hydroxylation is 1. The highest BCUT2D eigenvalue weighted by Gasteiger charge is 2.38. The molecule has 16 heteroatoms. The third-order valence-electron chi connectivity index (χ3n) is 9.36. The second-order valence-corrected chi connectivity index (χ2v) is 19.9. The molecule has 1 saturated carbocycles. The van der Waals surface area contributed by atoms with Gasteiger partial charge in [0.05, 0.1) is 22.4 Å². The first kappa shape index (κ1) is 45.0. The van der Waals surface area contributed by atoms with Crippen LogP contribution in [0.25, 0.3) is 22.2 Å². The number of carbonyl (C=O) groups excluding carboxylic acids is 3. The van der Waals surface area contributed by atoms with E-state index in [9.17, 15) is 27.2 Å². The Morgan fingerprint density at radius 2 is 1.37 bits per heavy atom. The first-order valence-corrected chi connectivity index (χ1v) is 21.5. The highest BCUT2D eigenvalue weighted by atomic mass is 32.2. The second kappa shape index (κ2) is 17.2. The normalized spacial score (nSPS) is 16.4. The molecule has 59 heavy (non-hydrogen) atoms. The molecule has 1 N–H and O–H groups in total. The van der Waals surface area contributed by atoms with E-state index in [0.29, 0.717) is 37.7 Å². The number of aromatic nitrogens is 3. The van der Waals surface area contributed by atoms with E-state index in [4.69, 9.17) is 24.3 Å². The number of halogens is 2. The lowest BCUT2D eigenvalue weighted by molar-refractivity contribution is 0.0425. The van der Waals surface area contributed by atoms with Gasteiger partial charge in [0.25, 0.3) is 0 Å². The van der Waals surface area contributed by atoms with Gasteiger partial charge in [0, 0.05) is 35.5 Å². The number of rotatable bonds is 9. The molecule has 2 aromatic carbocycles. The zero-order chi connectivity index (χ0) is 43.7. The van der Waals surface area contributed by atoms with Crippen molar-refractivity contribution in [1.29, 1.82) is 0 Å². The quantitative estimate of drug-likeness (QED) is 0.161. The number of alkyl carbamates (subject to hydrolysis) is 1. The molecular weight excluding hydrogens is 785 g/mol. The summed E-state index contributed by atoms with van der Waals surface area (Å²) in [6, 6.07) is 9.37. The van der Waals surface area contributed by atoms with Gasteiger partial charge in [0.1, 0.15) is 34.1 Å². The van der Waals surface area contributed by atoms with Crippen LogP contribution in [0.5, 0.6) is 0 Å². The maximum atomic E-state index is 16.1. The number of hydrogen-bond donors (Lipinski definition) is 1. The predicted octanol–water partition coefficient (Wildman–Crippen LogP) is 9.74. The van der Waals surface area contributed by atoms with Gasteiger partial charge < -0.3 is 19.5 Å². The summed E-state index contributed by atoms with van der Waals surface area (Å²) in [5.41, 5.74) is -1.15. The van der Waals surface area contributed by atoms with E-state index in [-0.39, 0.29) is 45.5 Å². The van der Waals surface area contributed by atoms with Crippen LogP contribution in [0.2, 0.25) is 0 Å². The smallest absolute Gasteiger partial charge is 0.425 e. The molecule has 0 atom stereocenters. The summed E-state index contributed by atoms with van der Waals surface area (Å²) in [5.74, 6) is -3.07. The molecule has 13 nitrogen and oxygen atoms in total. The number of benzene rings is 2. The van der Waals surface area contributed by atoms with Crippen LogP contribution in [0.4, 0.5) is 29.0 Å². The van der Waals surface area contributed by atoms with Crippen LogP contribution in [0.3, 0.4) is 0 Å². The summed E-state index contributed by atoms with van der Waals surface area (Å²) in [5, 5.41) is 8.10. The Bertz CT molecular complexity index is 2290. The molecule has 1 aliphatic carbocycles. The Labute approximate surface area is 344 Å². The molecule has 3 amide bonds. The van der Waals surface area contributed by atoms with E-state index >= 15 is 4.39 Å². The fourth-order valence-corrected chi connectivity index (χ4v) is 8.48. The fraction of sp³-hybridized carbons (Fsp3) is 0.512. The Balaban J connectivity index is 1.63. The summed E-state index contributed by atoms with van der Waals surface area (Å²) in [6.45, 7) is 17.5. The van der Waals surface area contributed by atoms with E-state index in [1.165, 1.54) is 30.3 Å². The molecule has 1 fully saturated rings. The van der Waals surface area contributed by atoms with Crippen LogP contribution in [0.1, 0.15) is 118 Å². The molecule has 2 heterocycles. The summed E-state index contributed by atoms with van der Waals surface area (Å²) in [4.78, 5) is 46.0. The largest absolute Gasteiger partial charge is 0.444 e. The Morgan fingerprint density at radius 3 is 1.90 bits per heavy atom. The van der Waals surface area contributed by atoms with Crippen molar-refractivity contribution in [2.24, 2.45) is 0 Å². The molecule has 2 aromatic heterocycles. The summed E-state index contributed by atoms with van der Waals surface area (Å²) >= 11 is 0. The highest BCUT2D eigenvalue weighted by Crippen LogP contribution is 2.43. The number of ether oxygens (including phenoxy) is 3. The van der Waals surface area contributed by atoms with E-state index in [2.05, 4.69) is 5.32 Å². The molecule has 4 aromatic rings. The van der Waals surface area contributed by atoms with Crippen molar-refractivity contribution in [3.05, 3.63) is 77.0 Å². The third-order valence-corrected chi connectivity index (χ3v) is 10.9. The zero-order valence-electron chi connectivity index (χ0n) is 35.4. The van der Waals surface area contributed by atoms with Gasteiger partial charge in [-0.25, -0.2) is 36.6 Å². The Kier molecular flexibility index (Phi) is 13.1. The maximum Gasteiger partial charge on any atom is 0.425 e. The van der Waals surface area contributed by atoms with Crippen molar-refractivity contribution >= 4 is 44.8 Å². The lowest BCUT2D eigenvalue weighted by Gasteiger charge is -2.31. The number of sulfone groups is 1. The van der Waals surface area contributed by atoms with E-state index in [1.807, 2.05) is 6.92 Å². The van der Waals surface area contributed by atoms with Crippen molar-refractivity contribution in [2.75, 3.05) is 4.90 Å². The van der Waals surface area contributed by atoms with Gasteiger partial charge in [0.2, 0.25) is 0 Å². The minimum absolute atomic E-state index is 0.0238. The topological polar surface area (TPSA) is 159 Å². The first-order valence-electron chi connectivity index (χ1n) is 19.7. The summed E-state index contributed by atoms with van der Waals surface area (Å²) in [6.07, 6.45) is 1.56. The van der Waals surface area contributed by atoms with Crippen LogP contribution in [-0.4, -0.2) is 64.3 Å². The maximum absolute atomic E-state index is 16.1. The number of nitrogens with one attached hydrogen (secondary N) is 1. The van der Waals surface area contributed by atoms with Gasteiger partial charge >= 0.3 is 18.3 Å². The van der Waals surface area contributed by atoms with Crippen molar-refractivity contribution in [3.63, 3.8) is 0 Å². The molecule has 0 unspecified atom stereocenters. The van der Waals surface area contributed by atoms with Crippen LogP contribution in [0.15, 0.2) is 48.7 Å². The van der Waals surface area contributed by atoms with Crippen molar-refractivity contribution in [3.8, 4) is 11.3 Å². The Hall–Kier alpha value is -5.12. The number of pyridine rings is 1. The van der Waals surface area contributed by atoms with Crippen LogP contribution in [-0.2, 0) is 42.1 Å². The Morgan fingerprint density at radius 1 is 0.814 bits per heavy atom. The van der Waals surface area contributed by atoms with Crippen LogP contribution < -0.4 is 10.2 Å². The van der Waals surface area contributed by atoms with Crippen LogP contribution in [0, 0.1) is 11.6 Å². The van der Waals surface area contributed by atoms with Crippen molar-refractivity contribution in [2.45, 2.75) is 142 Å². The number of anilines is 1. The van der Waals surface area contributed by atoms with E-state index < -0.39 is 68.1 Å². The van der Waals surface area contributed by atoms with Gasteiger partial charge in [-0.05, 0) is 119 Å². The monoisotopic (exact) mass is 839 g/mol. The number of amides is 3. The molecule has 320 valence electrons. The average Bonchev–Trinajstić information content (AvgIpc) is 3.48. The number of imide groups is 1. The molecular formula is C43H55F2N5O8S. The van der Waals surface area contributed by atoms with E-state index in [1.54, 1.807) is 73.2 Å². The summed E-state index contributed by atoms with van der Waals surface area (Å²) < 4.78 is 75.2. The second-order valence-electron chi connectivity index (χ2n) is 17.8. The molecule has 0 spiro atoms. The fourth-order valence-electron chi connectivity index (χ4n) is 6.96. The minimum Gasteiger partial charge on any atom is -0.444 e. The first-order chi connectivity index (χ1) is 27.3. The molecule has 0 saturated heterocycles. The predicted molar refractivity (Wildman–Crippen MR) is 221 cm³/mol. The average molecular weight is 840 g/mol. The van der Waals surface area contributed by atoms with Gasteiger partial charge in [-0.3, -0.25) is 4.68 Å². The highest BCUT2D eigenvalue weighted by molar-refractivity contribution is 7.89. The van der Waals surface area contributed by atoms with Crippen molar-refractivity contribution < 1.29 is 45.8 Å². The lowest BCUT2D eigenvalue weighted by Crippen LogP contribution is -2.44. The number of nitrogens with zero attached hydrogens (tertiary/aromatic N) is 4. The molecule has 0 bridgehead atoms.